The molecule has 2 heterocycles. The number of piperidine rings is 1. The van der Waals surface area contributed by atoms with Gasteiger partial charge in [-0.2, -0.15) is 4.31 Å². The molecule has 1 aliphatic heterocycles. The normalized spacial score (nSPS) is 21.2. The molecule has 0 radical (unpaired) electrons. The molecule has 1 aliphatic carbocycles. The Morgan fingerprint density at radius 3 is 2.68 bits per heavy atom. The molecule has 2 aliphatic rings. The molecular weight excluding hydrogens is 394 g/mol. The molecule has 0 bridgehead atoms. The Morgan fingerprint density at radius 1 is 1.18 bits per heavy atom. The summed E-state index contributed by atoms with van der Waals surface area (Å²) >= 11 is 1.56. The lowest BCUT2D eigenvalue weighted by atomic mass is 9.85. The molecule has 2 aromatic rings. The number of nitrogens with zero attached hydrogens (tertiary/aromatic N) is 2. The highest BCUT2D eigenvalue weighted by molar-refractivity contribution is 7.89. The van der Waals surface area contributed by atoms with E-state index >= 15 is 0 Å². The summed E-state index contributed by atoms with van der Waals surface area (Å²) in [6.45, 7) is 1.45. The van der Waals surface area contributed by atoms with E-state index in [0.717, 1.165) is 42.8 Å². The van der Waals surface area contributed by atoms with E-state index in [4.69, 9.17) is 0 Å². The number of hydrogen-bond acceptors (Lipinski definition) is 5. The predicted molar refractivity (Wildman–Crippen MR) is 108 cm³/mol. The fraction of sp³-hybridized carbons (Fsp3) is 0.500. The van der Waals surface area contributed by atoms with Gasteiger partial charge < -0.3 is 5.32 Å². The quantitative estimate of drug-likeness (QED) is 0.780. The number of benzene rings is 1. The molecule has 1 aromatic carbocycles. The first kappa shape index (κ1) is 19.5. The molecular formula is C20H25N3O3S2. The summed E-state index contributed by atoms with van der Waals surface area (Å²) in [5, 5.41) is 5.90. The summed E-state index contributed by atoms with van der Waals surface area (Å²) in [6.07, 6.45) is 4.87. The molecule has 1 N–H and O–H groups in total. The number of carbonyl (C=O) groups is 1. The van der Waals surface area contributed by atoms with E-state index in [0.29, 0.717) is 24.5 Å². The number of thiazole rings is 1. The Labute approximate surface area is 170 Å². The van der Waals surface area contributed by atoms with Crippen LogP contribution in [0, 0.1) is 5.92 Å². The van der Waals surface area contributed by atoms with Crippen LogP contribution in [0.1, 0.15) is 48.7 Å². The van der Waals surface area contributed by atoms with E-state index in [-0.39, 0.29) is 17.7 Å². The van der Waals surface area contributed by atoms with E-state index in [1.807, 2.05) is 11.4 Å². The first-order valence-electron chi connectivity index (χ1n) is 9.81. The Balaban J connectivity index is 1.39. The van der Waals surface area contributed by atoms with Crippen LogP contribution in [0.3, 0.4) is 0 Å². The smallest absolute Gasteiger partial charge is 0.243 e. The molecule has 4 rings (SSSR count). The van der Waals surface area contributed by atoms with Crippen LogP contribution in [0.5, 0.6) is 0 Å². The number of rotatable bonds is 6. The van der Waals surface area contributed by atoms with Crippen molar-refractivity contribution in [3.8, 4) is 0 Å². The molecule has 0 spiro atoms. The van der Waals surface area contributed by atoms with Crippen LogP contribution in [0.25, 0.3) is 0 Å². The standard InChI is InChI=1S/C20H25N3O3S2/c24-19(15-6-4-7-15)21-12-17-14-27-20(22-17)16-8-5-11-23(13-16)28(25,26)18-9-2-1-3-10-18/h1-3,9-10,14-16H,4-8,11-13H2,(H,21,24)/t16-/m1/s1. The lowest BCUT2D eigenvalue weighted by Crippen LogP contribution is -2.39. The molecule has 1 amide bonds. The first-order valence-corrected chi connectivity index (χ1v) is 12.1. The molecule has 1 aromatic heterocycles. The second kappa shape index (κ2) is 8.31. The Morgan fingerprint density at radius 2 is 1.96 bits per heavy atom. The zero-order chi connectivity index (χ0) is 19.6. The summed E-state index contributed by atoms with van der Waals surface area (Å²) < 4.78 is 27.4. The maximum atomic E-state index is 12.9. The van der Waals surface area contributed by atoms with E-state index in [1.54, 1.807) is 39.9 Å². The van der Waals surface area contributed by atoms with Crippen molar-refractivity contribution in [2.24, 2.45) is 5.92 Å². The third-order valence-electron chi connectivity index (χ3n) is 5.60. The minimum Gasteiger partial charge on any atom is -0.350 e. The second-order valence-corrected chi connectivity index (χ2v) is 10.4. The topological polar surface area (TPSA) is 79.4 Å². The Kier molecular flexibility index (Phi) is 5.80. The molecule has 1 saturated carbocycles. The van der Waals surface area contributed by atoms with Crippen LogP contribution >= 0.6 is 11.3 Å². The van der Waals surface area contributed by atoms with Gasteiger partial charge in [-0.1, -0.05) is 24.6 Å². The van der Waals surface area contributed by atoms with Crippen molar-refractivity contribution >= 4 is 27.3 Å². The highest BCUT2D eigenvalue weighted by Crippen LogP contribution is 2.32. The first-order chi connectivity index (χ1) is 13.5. The van der Waals surface area contributed by atoms with Crippen molar-refractivity contribution in [1.29, 1.82) is 0 Å². The van der Waals surface area contributed by atoms with E-state index in [2.05, 4.69) is 10.3 Å². The van der Waals surface area contributed by atoms with Gasteiger partial charge in [0.15, 0.2) is 0 Å². The van der Waals surface area contributed by atoms with Crippen LogP contribution in [-0.2, 0) is 21.4 Å². The summed E-state index contributed by atoms with van der Waals surface area (Å²) in [6, 6.07) is 8.61. The number of carbonyl (C=O) groups excluding carboxylic acids is 1. The van der Waals surface area contributed by atoms with Gasteiger partial charge >= 0.3 is 0 Å². The van der Waals surface area contributed by atoms with Crippen molar-refractivity contribution in [1.82, 2.24) is 14.6 Å². The molecule has 0 unspecified atom stereocenters. The number of aromatic nitrogens is 1. The maximum Gasteiger partial charge on any atom is 0.243 e. The van der Waals surface area contributed by atoms with Gasteiger partial charge in [-0.05, 0) is 37.8 Å². The van der Waals surface area contributed by atoms with Crippen molar-refractivity contribution < 1.29 is 13.2 Å². The molecule has 6 nitrogen and oxygen atoms in total. The zero-order valence-electron chi connectivity index (χ0n) is 15.7. The summed E-state index contributed by atoms with van der Waals surface area (Å²) in [4.78, 5) is 17.0. The highest BCUT2D eigenvalue weighted by Gasteiger charge is 2.32. The minimum atomic E-state index is -3.47. The van der Waals surface area contributed by atoms with Gasteiger partial charge in [0.1, 0.15) is 0 Å². The Bertz CT molecular complexity index is 923. The minimum absolute atomic E-state index is 0.105. The van der Waals surface area contributed by atoms with Gasteiger partial charge in [0.05, 0.1) is 22.1 Å². The van der Waals surface area contributed by atoms with E-state index in [1.165, 1.54) is 0 Å². The average molecular weight is 420 g/mol. The third-order valence-corrected chi connectivity index (χ3v) is 8.54. The van der Waals surface area contributed by atoms with Crippen molar-refractivity contribution in [2.45, 2.75) is 49.5 Å². The van der Waals surface area contributed by atoms with Gasteiger partial charge in [-0.15, -0.1) is 11.3 Å². The SMILES string of the molecule is O=C(NCc1csc([C@@H]2CCCN(S(=O)(=O)c3ccccc3)C2)n1)C1CCC1. The number of nitrogens with one attached hydrogen (secondary N) is 1. The van der Waals surface area contributed by atoms with Crippen molar-refractivity contribution in [3.63, 3.8) is 0 Å². The van der Waals surface area contributed by atoms with Crippen LogP contribution in [0.2, 0.25) is 0 Å². The van der Waals surface area contributed by atoms with Gasteiger partial charge in [0, 0.05) is 30.3 Å². The average Bonchev–Trinajstić information content (AvgIpc) is 3.15. The molecule has 150 valence electrons. The van der Waals surface area contributed by atoms with Crippen molar-refractivity contribution in [3.05, 3.63) is 46.4 Å². The predicted octanol–water partition coefficient (Wildman–Crippen LogP) is 3.13. The van der Waals surface area contributed by atoms with Crippen LogP contribution in [-0.4, -0.2) is 36.7 Å². The lowest BCUT2D eigenvalue weighted by Gasteiger charge is -2.31. The number of sulfonamides is 1. The van der Waals surface area contributed by atoms with Gasteiger partial charge in [0.25, 0.3) is 0 Å². The lowest BCUT2D eigenvalue weighted by molar-refractivity contribution is -0.127. The van der Waals surface area contributed by atoms with E-state index in [9.17, 15) is 13.2 Å². The third kappa shape index (κ3) is 4.14. The number of amides is 1. The van der Waals surface area contributed by atoms with E-state index < -0.39 is 10.0 Å². The van der Waals surface area contributed by atoms with Crippen LogP contribution < -0.4 is 5.32 Å². The van der Waals surface area contributed by atoms with Crippen LogP contribution in [0.4, 0.5) is 0 Å². The fourth-order valence-electron chi connectivity index (χ4n) is 3.69. The summed E-state index contributed by atoms with van der Waals surface area (Å²) in [5.41, 5.74) is 0.857. The maximum absolute atomic E-state index is 12.9. The second-order valence-electron chi connectivity index (χ2n) is 7.54. The van der Waals surface area contributed by atoms with Gasteiger partial charge in [0.2, 0.25) is 15.9 Å². The van der Waals surface area contributed by atoms with Gasteiger partial charge in [-0.25, -0.2) is 13.4 Å². The largest absolute Gasteiger partial charge is 0.350 e. The molecule has 28 heavy (non-hydrogen) atoms. The fourth-order valence-corrected chi connectivity index (χ4v) is 6.18. The molecule has 8 heteroatoms. The highest BCUT2D eigenvalue weighted by atomic mass is 32.2. The molecule has 1 saturated heterocycles. The summed E-state index contributed by atoms with van der Waals surface area (Å²) in [5.74, 6) is 0.403. The molecule has 2 fully saturated rings. The number of hydrogen-bond donors (Lipinski definition) is 1. The van der Waals surface area contributed by atoms with Crippen LogP contribution in [0.15, 0.2) is 40.6 Å². The molecule has 1 atom stereocenters. The summed E-state index contributed by atoms with van der Waals surface area (Å²) in [7, 11) is -3.47. The monoisotopic (exact) mass is 419 g/mol. The zero-order valence-corrected chi connectivity index (χ0v) is 17.3. The van der Waals surface area contributed by atoms with Gasteiger partial charge in [-0.3, -0.25) is 4.79 Å². The Hall–Kier alpha value is -1.77. The van der Waals surface area contributed by atoms with Crippen molar-refractivity contribution in [2.75, 3.05) is 13.1 Å².